The topological polar surface area (TPSA) is 64.4 Å². The van der Waals surface area contributed by atoms with E-state index in [1.807, 2.05) is 0 Å². The van der Waals surface area contributed by atoms with Gasteiger partial charge in [0.2, 0.25) is 0 Å². The minimum Gasteiger partial charge on any atom is -0.393 e. The summed E-state index contributed by atoms with van der Waals surface area (Å²) < 4.78 is 0. The minimum atomic E-state index is -0.101. The molecule has 13 heavy (non-hydrogen) atoms. The highest BCUT2D eigenvalue weighted by atomic mass is 16.3. The van der Waals surface area contributed by atoms with Gasteiger partial charge < -0.3 is 5.11 Å². The maximum atomic E-state index is 9.51. The molecule has 0 aromatic heterocycles. The number of nitroso groups, excluding NO2 is 1. The lowest BCUT2D eigenvalue weighted by Gasteiger charge is -2.46. The molecule has 0 spiro atoms. The molecule has 1 aliphatic rings. The predicted octanol–water partition coefficient (Wildman–Crippen LogP) is 1.57. The van der Waals surface area contributed by atoms with Gasteiger partial charge in [0.1, 0.15) is 0 Å². The number of rotatable bonds is 0. The van der Waals surface area contributed by atoms with E-state index in [2.05, 4.69) is 38.3 Å². The van der Waals surface area contributed by atoms with Crippen molar-refractivity contribution in [1.82, 2.24) is 4.90 Å². The summed E-state index contributed by atoms with van der Waals surface area (Å²) in [6.45, 7) is 6.54. The van der Waals surface area contributed by atoms with E-state index in [1.165, 1.54) is 0 Å². The number of likely N-dealkylation sites (tertiary alicyclic amines) is 1. The summed E-state index contributed by atoms with van der Waals surface area (Å²) in [6.07, 6.45) is 1.71. The van der Waals surface area contributed by atoms with Gasteiger partial charge >= 0.3 is 0 Å². The first-order valence-electron chi connectivity index (χ1n) is 4.55. The Bertz CT molecular complexity index is 162. The second-order valence-corrected chi connectivity index (χ2v) is 4.37. The van der Waals surface area contributed by atoms with Crippen LogP contribution in [-0.2, 0) is 0 Å². The molecule has 0 bridgehead atoms. The number of nitrogens with one attached hydrogen (secondary N) is 1. The number of piperidine rings is 1. The largest absolute Gasteiger partial charge is 0.393 e. The lowest BCUT2D eigenvalue weighted by Crippen LogP contribution is -2.53. The lowest BCUT2D eigenvalue weighted by atomic mass is 9.86. The monoisotopic (exact) mass is 188 g/mol. The molecule has 4 heteroatoms. The second kappa shape index (κ2) is 4.67. The normalized spacial score (nSPS) is 33.3. The molecule has 2 unspecified atom stereocenters. The fraction of sp³-hybridized carbons (Fsp3) is 1.00. The van der Waals surface area contributed by atoms with Gasteiger partial charge in [-0.3, -0.25) is 4.90 Å². The van der Waals surface area contributed by atoms with Crippen LogP contribution in [0.3, 0.4) is 0 Å². The number of aliphatic hydroxyl groups is 1. The Morgan fingerprint density at radius 1 is 1.46 bits per heavy atom. The molecule has 78 valence electrons. The van der Waals surface area contributed by atoms with Crippen molar-refractivity contribution in [3.8, 4) is 0 Å². The van der Waals surface area contributed by atoms with Gasteiger partial charge in [-0.15, -0.1) is 0 Å². The summed E-state index contributed by atoms with van der Waals surface area (Å²) in [5.74, 6) is 0. The SMILES string of the molecule is CC1CC(O)CC(C)(C)N1C.N=O. The molecule has 0 aromatic carbocycles. The Morgan fingerprint density at radius 3 is 2.31 bits per heavy atom. The highest BCUT2D eigenvalue weighted by Crippen LogP contribution is 2.29. The molecule has 1 rings (SSSR count). The molecule has 2 N–H and O–H groups in total. The first-order chi connectivity index (χ1) is 5.93. The maximum Gasteiger partial charge on any atom is 0.0572 e. The Morgan fingerprint density at radius 2 is 1.92 bits per heavy atom. The summed E-state index contributed by atoms with van der Waals surface area (Å²) in [7, 11) is 2.14. The van der Waals surface area contributed by atoms with Crippen LogP contribution in [0.4, 0.5) is 0 Å². The Kier molecular flexibility index (Phi) is 4.50. The zero-order valence-corrected chi connectivity index (χ0v) is 8.87. The summed E-state index contributed by atoms with van der Waals surface area (Å²) in [5, 5.41) is 9.51. The highest BCUT2D eigenvalue weighted by molar-refractivity contribution is 4.91. The summed E-state index contributed by atoms with van der Waals surface area (Å²) in [4.78, 5) is 9.85. The summed E-state index contributed by atoms with van der Waals surface area (Å²) in [6, 6.07) is 0.508. The number of hydrogen-bond donors (Lipinski definition) is 2. The van der Waals surface area contributed by atoms with Crippen LogP contribution >= 0.6 is 0 Å². The molecule has 0 saturated carbocycles. The van der Waals surface area contributed by atoms with Crippen LogP contribution in [0.2, 0.25) is 0 Å². The van der Waals surface area contributed by atoms with Gasteiger partial charge in [0.25, 0.3) is 0 Å². The third-order valence-electron chi connectivity index (χ3n) is 2.96. The third kappa shape index (κ3) is 3.04. The fourth-order valence-electron chi connectivity index (χ4n) is 1.95. The minimum absolute atomic E-state index is 0.101. The van der Waals surface area contributed by atoms with Crippen molar-refractivity contribution >= 4 is 0 Å². The molecule has 0 aromatic rings. The van der Waals surface area contributed by atoms with Crippen molar-refractivity contribution in [2.45, 2.75) is 51.3 Å². The van der Waals surface area contributed by atoms with Crippen molar-refractivity contribution < 1.29 is 5.11 Å². The molecule has 1 saturated heterocycles. The zero-order valence-electron chi connectivity index (χ0n) is 8.87. The molecule has 2 atom stereocenters. The van der Waals surface area contributed by atoms with Crippen LogP contribution in [0.5, 0.6) is 0 Å². The molecular weight excluding hydrogens is 168 g/mol. The van der Waals surface area contributed by atoms with E-state index >= 15 is 0 Å². The van der Waals surface area contributed by atoms with Crippen LogP contribution in [-0.4, -0.2) is 34.7 Å². The molecule has 1 fully saturated rings. The van der Waals surface area contributed by atoms with E-state index in [0.29, 0.717) is 6.04 Å². The van der Waals surface area contributed by atoms with Gasteiger partial charge in [-0.25, -0.2) is 0 Å². The van der Waals surface area contributed by atoms with E-state index in [9.17, 15) is 5.11 Å². The predicted molar refractivity (Wildman–Crippen MR) is 52.6 cm³/mol. The van der Waals surface area contributed by atoms with Crippen molar-refractivity contribution in [1.29, 1.82) is 5.59 Å². The standard InChI is InChI=1S/C9H19NO.HNO/c1-7-5-8(11)6-9(2,3)10(7)4;1-2/h7-8,11H,5-6H2,1-4H3;1H. The smallest absolute Gasteiger partial charge is 0.0572 e. The third-order valence-corrected chi connectivity index (χ3v) is 2.96. The molecule has 1 aliphatic heterocycles. The maximum absolute atomic E-state index is 9.51. The van der Waals surface area contributed by atoms with E-state index in [1.54, 1.807) is 0 Å². The van der Waals surface area contributed by atoms with Gasteiger partial charge in [-0.05, 0) is 40.7 Å². The molecule has 1 heterocycles. The van der Waals surface area contributed by atoms with Gasteiger partial charge in [0.15, 0.2) is 0 Å². The molecule has 0 amide bonds. The molecule has 0 aliphatic carbocycles. The number of nitrogens with zero attached hydrogens (tertiary/aromatic N) is 1. The van der Waals surface area contributed by atoms with Crippen LogP contribution in [0.25, 0.3) is 0 Å². The quantitative estimate of drug-likeness (QED) is 0.567. The molecule has 4 nitrogen and oxygen atoms in total. The molecule has 0 radical (unpaired) electrons. The Balaban J connectivity index is 0.000000671. The first-order valence-corrected chi connectivity index (χ1v) is 4.55. The van der Waals surface area contributed by atoms with E-state index in [-0.39, 0.29) is 11.6 Å². The van der Waals surface area contributed by atoms with Crippen LogP contribution < -0.4 is 0 Å². The Labute approximate surface area is 79.7 Å². The van der Waals surface area contributed by atoms with Gasteiger partial charge in [-0.2, -0.15) is 4.91 Å². The molecular formula is C9H20N2O2. The zero-order chi connectivity index (χ0) is 10.6. The van der Waals surface area contributed by atoms with E-state index < -0.39 is 0 Å². The highest BCUT2D eigenvalue weighted by Gasteiger charge is 2.35. The lowest BCUT2D eigenvalue weighted by molar-refractivity contribution is -0.0192. The van der Waals surface area contributed by atoms with Crippen molar-refractivity contribution in [2.24, 2.45) is 0 Å². The van der Waals surface area contributed by atoms with Crippen molar-refractivity contribution in [3.63, 3.8) is 0 Å². The van der Waals surface area contributed by atoms with Crippen molar-refractivity contribution in [2.75, 3.05) is 7.05 Å². The van der Waals surface area contributed by atoms with Gasteiger partial charge in [-0.1, -0.05) is 5.59 Å². The van der Waals surface area contributed by atoms with Crippen LogP contribution in [0.15, 0.2) is 0 Å². The van der Waals surface area contributed by atoms with Crippen LogP contribution in [0.1, 0.15) is 33.6 Å². The van der Waals surface area contributed by atoms with Crippen molar-refractivity contribution in [3.05, 3.63) is 4.91 Å². The second-order valence-electron chi connectivity index (χ2n) is 4.37. The van der Waals surface area contributed by atoms with E-state index in [0.717, 1.165) is 12.8 Å². The van der Waals surface area contributed by atoms with E-state index in [4.69, 9.17) is 4.91 Å². The van der Waals surface area contributed by atoms with Gasteiger partial charge in [0.05, 0.1) is 6.10 Å². The van der Waals surface area contributed by atoms with Crippen LogP contribution in [0, 0.1) is 10.5 Å². The number of hydrogen-bond acceptors (Lipinski definition) is 4. The average Bonchev–Trinajstić information content (AvgIpc) is 2.03. The number of aliphatic hydroxyl groups excluding tert-OH is 1. The average molecular weight is 188 g/mol. The fourth-order valence-corrected chi connectivity index (χ4v) is 1.95. The Hall–Kier alpha value is -0.480. The summed E-state index contributed by atoms with van der Waals surface area (Å²) in [5.41, 5.74) is 4.66. The summed E-state index contributed by atoms with van der Waals surface area (Å²) >= 11 is 0. The first kappa shape index (κ1) is 12.5. The van der Waals surface area contributed by atoms with Gasteiger partial charge in [0, 0.05) is 11.6 Å².